The number of hydrogen-bond acceptors (Lipinski definition) is 3. The second-order valence-corrected chi connectivity index (χ2v) is 5.25. The molecule has 0 aliphatic carbocycles. The predicted octanol–water partition coefficient (Wildman–Crippen LogP) is 2.60. The Morgan fingerprint density at radius 2 is 1.70 bits per heavy atom. The van der Waals surface area contributed by atoms with Crippen LogP contribution in [0.2, 0.25) is 5.02 Å². The molecular weight excluding hydrogens is 318 g/mol. The van der Waals surface area contributed by atoms with Gasteiger partial charge in [-0.25, -0.2) is 0 Å². The van der Waals surface area contributed by atoms with Crippen molar-refractivity contribution in [2.45, 2.75) is 0 Å². The molecule has 0 spiro atoms. The molecule has 7 heteroatoms. The van der Waals surface area contributed by atoms with Crippen LogP contribution < -0.4 is 10.9 Å². The van der Waals surface area contributed by atoms with Crippen molar-refractivity contribution >= 4 is 34.3 Å². The summed E-state index contributed by atoms with van der Waals surface area (Å²) in [5, 5.41) is 10.7. The predicted molar refractivity (Wildman–Crippen MR) is 86.3 cm³/mol. The number of aromatic amines is 1. The van der Waals surface area contributed by atoms with Crippen LogP contribution in [-0.4, -0.2) is 21.9 Å². The van der Waals surface area contributed by atoms with E-state index in [4.69, 9.17) is 11.6 Å². The number of phenolic OH excluding ortho intramolecular Hbond substituents is 1. The first-order chi connectivity index (χ1) is 11.1. The minimum Gasteiger partial charge on any atom is -0.507 e. The van der Waals surface area contributed by atoms with Crippen LogP contribution in [0, 0.1) is 0 Å². The van der Waals surface area contributed by atoms with E-state index in [0.717, 1.165) is 10.9 Å². The molecule has 0 fully saturated rings. The number of aromatic hydroxyl groups is 1. The van der Waals surface area contributed by atoms with E-state index in [2.05, 4.69) is 15.8 Å². The zero-order chi connectivity index (χ0) is 16.4. The summed E-state index contributed by atoms with van der Waals surface area (Å²) in [6.45, 7) is 0. The number of H-pyrrole nitrogens is 1. The molecule has 3 aromatic rings. The van der Waals surface area contributed by atoms with Crippen molar-refractivity contribution in [2.75, 3.05) is 0 Å². The number of rotatable bonds is 2. The first-order valence-electron chi connectivity index (χ1n) is 6.71. The third-order valence-electron chi connectivity index (χ3n) is 3.33. The summed E-state index contributed by atoms with van der Waals surface area (Å²) in [5.41, 5.74) is 5.74. The molecule has 0 atom stereocenters. The molecular formula is C16H12ClN3O3. The van der Waals surface area contributed by atoms with Crippen molar-refractivity contribution in [1.29, 1.82) is 0 Å². The van der Waals surface area contributed by atoms with Crippen LogP contribution in [-0.2, 0) is 0 Å². The maximum absolute atomic E-state index is 12.2. The number of carbonyl (C=O) groups is 2. The van der Waals surface area contributed by atoms with Crippen LogP contribution in [0.25, 0.3) is 10.9 Å². The Labute approximate surface area is 136 Å². The Kier molecular flexibility index (Phi) is 3.91. The normalized spacial score (nSPS) is 10.5. The Bertz CT molecular complexity index is 904. The Morgan fingerprint density at radius 1 is 1.00 bits per heavy atom. The lowest BCUT2D eigenvalue weighted by Gasteiger charge is -2.08. The summed E-state index contributed by atoms with van der Waals surface area (Å²) in [6, 6.07) is 11.4. The van der Waals surface area contributed by atoms with Gasteiger partial charge in [-0.05, 0) is 24.3 Å². The number of fused-ring (bicyclic) bond motifs is 1. The molecule has 0 saturated heterocycles. The minimum absolute atomic E-state index is 0.0308. The fourth-order valence-electron chi connectivity index (χ4n) is 2.20. The van der Waals surface area contributed by atoms with Gasteiger partial charge in [0.25, 0.3) is 11.8 Å². The van der Waals surface area contributed by atoms with Crippen LogP contribution in [0.1, 0.15) is 20.7 Å². The van der Waals surface area contributed by atoms with Gasteiger partial charge in [-0.3, -0.25) is 20.4 Å². The largest absolute Gasteiger partial charge is 0.507 e. The molecule has 4 N–H and O–H groups in total. The fourth-order valence-corrected chi connectivity index (χ4v) is 2.37. The van der Waals surface area contributed by atoms with E-state index in [1.165, 1.54) is 18.2 Å². The summed E-state index contributed by atoms with van der Waals surface area (Å²) in [5.74, 6) is -1.37. The first kappa shape index (κ1) is 14.9. The molecule has 2 amide bonds. The van der Waals surface area contributed by atoms with Crippen molar-refractivity contribution in [2.24, 2.45) is 0 Å². The number of nitrogens with one attached hydrogen (secondary N) is 3. The number of halogens is 1. The summed E-state index contributed by atoms with van der Waals surface area (Å²) < 4.78 is 0. The van der Waals surface area contributed by atoms with E-state index in [1.54, 1.807) is 12.3 Å². The summed E-state index contributed by atoms with van der Waals surface area (Å²) in [6.07, 6.45) is 1.56. The van der Waals surface area contributed by atoms with E-state index >= 15 is 0 Å². The maximum Gasteiger partial charge on any atom is 0.273 e. The zero-order valence-electron chi connectivity index (χ0n) is 11.8. The molecule has 116 valence electrons. The van der Waals surface area contributed by atoms with Crippen molar-refractivity contribution in [1.82, 2.24) is 15.8 Å². The lowest BCUT2D eigenvalue weighted by Crippen LogP contribution is -2.41. The molecule has 0 radical (unpaired) electrons. The molecule has 3 rings (SSSR count). The summed E-state index contributed by atoms with van der Waals surface area (Å²) >= 11 is 5.79. The monoisotopic (exact) mass is 329 g/mol. The van der Waals surface area contributed by atoms with Crippen molar-refractivity contribution < 1.29 is 14.7 Å². The number of phenols is 1. The van der Waals surface area contributed by atoms with Gasteiger partial charge < -0.3 is 10.1 Å². The van der Waals surface area contributed by atoms with Gasteiger partial charge in [-0.15, -0.1) is 0 Å². The van der Waals surface area contributed by atoms with Gasteiger partial charge in [0.05, 0.1) is 11.1 Å². The number of carbonyl (C=O) groups excluding carboxylic acids is 2. The second-order valence-electron chi connectivity index (χ2n) is 4.82. The molecule has 1 aromatic heterocycles. The Balaban J connectivity index is 1.74. The van der Waals surface area contributed by atoms with Gasteiger partial charge in [0.2, 0.25) is 0 Å². The van der Waals surface area contributed by atoms with Crippen molar-refractivity contribution in [3.63, 3.8) is 0 Å². The van der Waals surface area contributed by atoms with Gasteiger partial charge in [-0.2, -0.15) is 0 Å². The quantitative estimate of drug-likeness (QED) is 0.544. The van der Waals surface area contributed by atoms with Gasteiger partial charge in [-0.1, -0.05) is 29.8 Å². The molecule has 0 saturated carbocycles. The van der Waals surface area contributed by atoms with Crippen LogP contribution in [0.5, 0.6) is 5.75 Å². The number of hydrazine groups is 1. The highest BCUT2D eigenvalue weighted by Crippen LogP contribution is 2.21. The molecule has 23 heavy (non-hydrogen) atoms. The highest BCUT2D eigenvalue weighted by atomic mass is 35.5. The summed E-state index contributed by atoms with van der Waals surface area (Å²) in [7, 11) is 0. The number of hydrogen-bond donors (Lipinski definition) is 4. The third kappa shape index (κ3) is 2.97. The molecule has 1 heterocycles. The maximum atomic E-state index is 12.2. The molecule has 2 aromatic carbocycles. The second kappa shape index (κ2) is 6.02. The van der Waals surface area contributed by atoms with Crippen molar-refractivity contribution in [3.05, 3.63) is 64.8 Å². The molecule has 6 nitrogen and oxygen atoms in total. The van der Waals surface area contributed by atoms with E-state index in [9.17, 15) is 14.7 Å². The Hall–Kier alpha value is -2.99. The van der Waals surface area contributed by atoms with Crippen LogP contribution in [0.3, 0.4) is 0 Å². The topological polar surface area (TPSA) is 94.2 Å². The third-order valence-corrected chi connectivity index (χ3v) is 3.56. The highest BCUT2D eigenvalue weighted by Gasteiger charge is 2.15. The molecule has 0 aliphatic heterocycles. The molecule has 0 aliphatic rings. The van der Waals surface area contributed by atoms with Crippen LogP contribution in [0.4, 0.5) is 0 Å². The average molecular weight is 330 g/mol. The zero-order valence-corrected chi connectivity index (χ0v) is 12.5. The van der Waals surface area contributed by atoms with E-state index in [0.29, 0.717) is 10.6 Å². The average Bonchev–Trinajstić information content (AvgIpc) is 2.98. The smallest absolute Gasteiger partial charge is 0.273 e. The number of benzene rings is 2. The minimum atomic E-state index is -0.668. The molecule has 0 unspecified atom stereocenters. The number of aromatic nitrogens is 1. The summed E-state index contributed by atoms with van der Waals surface area (Å²) in [4.78, 5) is 27.2. The van der Waals surface area contributed by atoms with Gasteiger partial charge >= 0.3 is 0 Å². The van der Waals surface area contributed by atoms with Gasteiger partial charge in [0.15, 0.2) is 0 Å². The number of para-hydroxylation sites is 1. The van der Waals surface area contributed by atoms with E-state index in [-0.39, 0.29) is 11.3 Å². The van der Waals surface area contributed by atoms with E-state index < -0.39 is 11.8 Å². The standard InChI is InChI=1S/C16H12ClN3O3/c17-9-5-6-14(21)11(7-9)15(22)19-20-16(23)12-8-18-13-4-2-1-3-10(12)13/h1-8,18,21H,(H,19,22)(H,20,23). The lowest BCUT2D eigenvalue weighted by molar-refractivity contribution is 0.0846. The lowest BCUT2D eigenvalue weighted by atomic mass is 10.1. The highest BCUT2D eigenvalue weighted by molar-refractivity contribution is 6.31. The number of amides is 2. The van der Waals surface area contributed by atoms with Crippen LogP contribution in [0.15, 0.2) is 48.7 Å². The van der Waals surface area contributed by atoms with Gasteiger partial charge in [0, 0.05) is 22.1 Å². The van der Waals surface area contributed by atoms with Gasteiger partial charge in [0.1, 0.15) is 5.75 Å². The molecule has 0 bridgehead atoms. The Morgan fingerprint density at radius 3 is 2.48 bits per heavy atom. The van der Waals surface area contributed by atoms with Crippen molar-refractivity contribution in [3.8, 4) is 5.75 Å². The van der Waals surface area contributed by atoms with Crippen LogP contribution >= 0.6 is 11.6 Å². The fraction of sp³-hybridized carbons (Fsp3) is 0. The SMILES string of the molecule is O=C(NNC(=O)c1c[nH]c2ccccc12)c1cc(Cl)ccc1O. The first-order valence-corrected chi connectivity index (χ1v) is 7.09. The van der Waals surface area contributed by atoms with E-state index in [1.807, 2.05) is 18.2 Å².